The van der Waals surface area contributed by atoms with Crippen molar-refractivity contribution in [1.29, 1.82) is 0 Å². The maximum Gasteiger partial charge on any atom is 0.336 e. The number of aromatic nitrogens is 1. The Hall–Kier alpha value is -3.10. The average molecular weight is 334 g/mol. The quantitative estimate of drug-likeness (QED) is 0.404. The molecule has 0 N–H and O–H groups in total. The van der Waals surface area contributed by atoms with Crippen LogP contribution in [0, 0.1) is 6.57 Å². The molecule has 2 aromatic carbocycles. The van der Waals surface area contributed by atoms with E-state index in [0.29, 0.717) is 6.61 Å². The van der Waals surface area contributed by atoms with Crippen molar-refractivity contribution < 1.29 is 14.3 Å². The second-order valence-electron chi connectivity index (χ2n) is 5.57. The van der Waals surface area contributed by atoms with E-state index >= 15 is 0 Å². The number of ether oxygens (including phenoxy) is 2. The van der Waals surface area contributed by atoms with Crippen LogP contribution in [-0.4, -0.2) is 31.4 Å². The summed E-state index contributed by atoms with van der Waals surface area (Å²) in [6, 6.07) is 14.1. The van der Waals surface area contributed by atoms with Gasteiger partial charge < -0.3 is 14.0 Å². The molecule has 0 saturated heterocycles. The summed E-state index contributed by atoms with van der Waals surface area (Å²) in [4.78, 5) is 14.9. The fraction of sp³-hybridized carbons (Fsp3) is 0.200. The molecule has 0 atom stereocenters. The maximum absolute atomic E-state index is 11.6. The first-order chi connectivity index (χ1) is 12.2. The second kappa shape index (κ2) is 7.20. The zero-order valence-corrected chi connectivity index (χ0v) is 14.2. The predicted octanol–water partition coefficient (Wildman–Crippen LogP) is 3.87. The number of esters is 1. The molecule has 0 bridgehead atoms. The molecule has 0 saturated carbocycles. The third-order valence-corrected chi connectivity index (χ3v) is 4.13. The van der Waals surface area contributed by atoms with Gasteiger partial charge >= 0.3 is 5.97 Å². The number of benzene rings is 2. The van der Waals surface area contributed by atoms with Gasteiger partial charge in [0.05, 0.1) is 20.3 Å². The molecule has 5 heteroatoms. The van der Waals surface area contributed by atoms with E-state index in [1.807, 2.05) is 30.3 Å². The lowest BCUT2D eigenvalue weighted by molar-refractivity contribution is -0.135. The fourth-order valence-corrected chi connectivity index (χ4v) is 2.98. The highest BCUT2D eigenvalue weighted by atomic mass is 16.5. The maximum atomic E-state index is 11.6. The zero-order chi connectivity index (χ0) is 17.8. The molecular weight excluding hydrogens is 316 g/mol. The Balaban J connectivity index is 2.18. The van der Waals surface area contributed by atoms with Crippen molar-refractivity contribution in [1.82, 2.24) is 4.57 Å². The van der Waals surface area contributed by atoms with Crippen molar-refractivity contribution in [2.24, 2.45) is 0 Å². The summed E-state index contributed by atoms with van der Waals surface area (Å²) < 4.78 is 12.1. The van der Waals surface area contributed by atoms with E-state index in [0.717, 1.165) is 33.9 Å². The summed E-state index contributed by atoms with van der Waals surface area (Å²) in [6.07, 6.45) is 1.56. The van der Waals surface area contributed by atoms with Gasteiger partial charge in [-0.3, -0.25) is 4.79 Å². The van der Waals surface area contributed by atoms with E-state index in [-0.39, 0.29) is 5.70 Å². The standard InChI is InChI=1S/C20H18N2O3/c1-21-17(20(23)25-3)13-14-8-9-19-16(12-14)15-6-4-5-7-18(15)22(19)10-11-24-2/h4-9,12-13H,10-11H2,2-3H3. The van der Waals surface area contributed by atoms with Gasteiger partial charge in [-0.05, 0) is 29.8 Å². The lowest BCUT2D eigenvalue weighted by Crippen LogP contribution is -2.03. The van der Waals surface area contributed by atoms with E-state index < -0.39 is 5.97 Å². The normalized spacial score (nSPS) is 11.6. The summed E-state index contributed by atoms with van der Waals surface area (Å²) in [5, 5.41) is 2.21. The van der Waals surface area contributed by atoms with Crippen molar-refractivity contribution in [3.63, 3.8) is 0 Å². The zero-order valence-electron chi connectivity index (χ0n) is 14.2. The van der Waals surface area contributed by atoms with Crippen LogP contribution in [0.25, 0.3) is 32.7 Å². The molecule has 1 aromatic heterocycles. The van der Waals surface area contributed by atoms with Crippen LogP contribution in [0.3, 0.4) is 0 Å². The molecule has 0 aliphatic rings. The molecule has 25 heavy (non-hydrogen) atoms. The van der Waals surface area contributed by atoms with Crippen LogP contribution in [0.5, 0.6) is 0 Å². The molecule has 3 rings (SSSR count). The molecule has 0 unspecified atom stereocenters. The van der Waals surface area contributed by atoms with Crippen LogP contribution < -0.4 is 0 Å². The number of carbonyl (C=O) groups excluding carboxylic acids is 1. The molecule has 0 aliphatic heterocycles. The van der Waals surface area contributed by atoms with Crippen LogP contribution in [-0.2, 0) is 20.8 Å². The van der Waals surface area contributed by atoms with Crippen LogP contribution >= 0.6 is 0 Å². The smallest absolute Gasteiger partial charge is 0.336 e. The Morgan fingerprint density at radius 3 is 2.64 bits per heavy atom. The van der Waals surface area contributed by atoms with E-state index in [2.05, 4.69) is 26.3 Å². The highest BCUT2D eigenvalue weighted by Gasteiger charge is 2.12. The Morgan fingerprint density at radius 2 is 1.92 bits per heavy atom. The minimum Gasteiger partial charge on any atom is -0.474 e. The number of para-hydroxylation sites is 1. The molecule has 0 radical (unpaired) electrons. The molecule has 126 valence electrons. The monoisotopic (exact) mass is 334 g/mol. The molecule has 3 aromatic rings. The number of rotatable bonds is 5. The molecule has 1 heterocycles. The first-order valence-corrected chi connectivity index (χ1v) is 7.87. The van der Waals surface area contributed by atoms with Gasteiger partial charge in [-0.25, -0.2) is 4.85 Å². The lowest BCUT2D eigenvalue weighted by Gasteiger charge is -2.06. The van der Waals surface area contributed by atoms with Gasteiger partial charge in [0.2, 0.25) is 0 Å². The number of carbonyl (C=O) groups is 1. The summed E-state index contributed by atoms with van der Waals surface area (Å²) in [5.41, 5.74) is 2.98. The fourth-order valence-electron chi connectivity index (χ4n) is 2.98. The molecular formula is C20H18N2O3. The van der Waals surface area contributed by atoms with Gasteiger partial charge in [0.15, 0.2) is 0 Å². The topological polar surface area (TPSA) is 44.8 Å². The Labute approximate surface area is 145 Å². The van der Waals surface area contributed by atoms with E-state index in [1.165, 1.54) is 7.11 Å². The highest BCUT2D eigenvalue weighted by molar-refractivity contribution is 6.09. The Bertz CT molecular complexity index is 1010. The van der Waals surface area contributed by atoms with Gasteiger partial charge in [0.25, 0.3) is 5.70 Å². The van der Waals surface area contributed by atoms with Crippen LogP contribution in [0.4, 0.5) is 0 Å². The van der Waals surface area contributed by atoms with Crippen molar-refractivity contribution in [2.75, 3.05) is 20.8 Å². The Kier molecular flexibility index (Phi) is 4.82. The summed E-state index contributed by atoms with van der Waals surface area (Å²) in [5.74, 6) is -0.627. The van der Waals surface area contributed by atoms with Gasteiger partial charge in [-0.15, -0.1) is 0 Å². The van der Waals surface area contributed by atoms with Gasteiger partial charge in [0.1, 0.15) is 0 Å². The van der Waals surface area contributed by atoms with Crippen molar-refractivity contribution in [3.8, 4) is 0 Å². The first kappa shape index (κ1) is 16.7. The van der Waals surface area contributed by atoms with Crippen LogP contribution in [0.1, 0.15) is 5.56 Å². The van der Waals surface area contributed by atoms with E-state index in [9.17, 15) is 4.79 Å². The second-order valence-corrected chi connectivity index (χ2v) is 5.57. The largest absolute Gasteiger partial charge is 0.474 e. The summed E-state index contributed by atoms with van der Waals surface area (Å²) in [6.45, 7) is 8.53. The van der Waals surface area contributed by atoms with Crippen LogP contribution in [0.2, 0.25) is 0 Å². The minimum absolute atomic E-state index is 0.0371. The lowest BCUT2D eigenvalue weighted by atomic mass is 10.1. The summed E-state index contributed by atoms with van der Waals surface area (Å²) in [7, 11) is 2.96. The number of fused-ring (bicyclic) bond motifs is 3. The number of hydrogen-bond donors (Lipinski definition) is 0. The SMILES string of the molecule is [C-]#[N+]C(=Cc1ccc2c(c1)c1ccccc1n2CCOC)C(=O)OC. The Morgan fingerprint density at radius 1 is 1.16 bits per heavy atom. The highest BCUT2D eigenvalue weighted by Crippen LogP contribution is 2.30. The van der Waals surface area contributed by atoms with Crippen molar-refractivity contribution in [2.45, 2.75) is 6.54 Å². The molecule has 0 aliphatic carbocycles. The van der Waals surface area contributed by atoms with Gasteiger partial charge in [-0.2, -0.15) is 0 Å². The third kappa shape index (κ3) is 3.12. The van der Waals surface area contributed by atoms with Crippen molar-refractivity contribution >= 4 is 33.9 Å². The van der Waals surface area contributed by atoms with E-state index in [4.69, 9.17) is 11.3 Å². The van der Waals surface area contributed by atoms with Gasteiger partial charge in [-0.1, -0.05) is 24.3 Å². The number of hydrogen-bond acceptors (Lipinski definition) is 3. The molecule has 0 fully saturated rings. The molecule has 0 amide bonds. The number of nitrogens with zero attached hydrogens (tertiary/aromatic N) is 2. The van der Waals surface area contributed by atoms with E-state index in [1.54, 1.807) is 13.2 Å². The van der Waals surface area contributed by atoms with Gasteiger partial charge in [0, 0.05) is 35.5 Å². The van der Waals surface area contributed by atoms with Crippen LogP contribution in [0.15, 0.2) is 48.2 Å². The third-order valence-electron chi connectivity index (χ3n) is 4.13. The number of methoxy groups -OCH3 is 2. The minimum atomic E-state index is -0.627. The first-order valence-electron chi connectivity index (χ1n) is 7.87. The summed E-state index contributed by atoms with van der Waals surface area (Å²) >= 11 is 0. The molecule has 5 nitrogen and oxygen atoms in total. The predicted molar refractivity (Wildman–Crippen MR) is 97.9 cm³/mol. The molecule has 0 spiro atoms. The average Bonchev–Trinajstić information content (AvgIpc) is 2.97. The van der Waals surface area contributed by atoms with Crippen molar-refractivity contribution in [3.05, 3.63) is 65.1 Å².